The molecule has 0 heterocycles. The molecular weight excluding hydrogens is 366 g/mol. The Kier molecular flexibility index (Phi) is 9.25. The quantitative estimate of drug-likeness (QED) is 0.312. The van der Waals surface area contributed by atoms with E-state index >= 15 is 0 Å². The molecule has 0 radical (unpaired) electrons. The van der Waals surface area contributed by atoms with E-state index in [1.54, 1.807) is 13.8 Å². The van der Waals surface area contributed by atoms with Gasteiger partial charge in [0.15, 0.2) is 0 Å². The van der Waals surface area contributed by atoms with Gasteiger partial charge in [-0.1, -0.05) is 36.4 Å². The molecule has 0 spiro atoms. The molecule has 1 atom stereocenters. The zero-order valence-corrected chi connectivity index (χ0v) is 17.4. The van der Waals surface area contributed by atoms with Crippen LogP contribution in [0.15, 0.2) is 67.3 Å². The fourth-order valence-electron chi connectivity index (χ4n) is 2.87. The number of para-hydroxylation sites is 1. The number of esters is 1. The van der Waals surface area contributed by atoms with Crippen molar-refractivity contribution < 1.29 is 19.0 Å². The number of hydrogen-bond acceptors (Lipinski definition) is 5. The Hall–Kier alpha value is -2.79. The molecule has 0 saturated heterocycles. The molecule has 0 bridgehead atoms. The molecule has 5 heteroatoms. The van der Waals surface area contributed by atoms with Crippen LogP contribution in [0.2, 0.25) is 0 Å². The first-order valence-electron chi connectivity index (χ1n) is 10.0. The standard InChI is InChI=1S/C24H31NO4/c1-4-16-25-17-9-18-28-21-14-12-20(13-15-21)19-24(3,23(26)27-5-2)29-22-10-7-6-8-11-22/h4,6-8,10-15,25H,1,5,9,16-19H2,2-3H3. The minimum Gasteiger partial charge on any atom is -0.494 e. The zero-order valence-electron chi connectivity index (χ0n) is 17.4. The van der Waals surface area contributed by atoms with Gasteiger partial charge in [-0.2, -0.15) is 0 Å². The number of carbonyl (C=O) groups excluding carboxylic acids is 1. The predicted molar refractivity (Wildman–Crippen MR) is 115 cm³/mol. The van der Waals surface area contributed by atoms with Crippen LogP contribution in [0.4, 0.5) is 0 Å². The van der Waals surface area contributed by atoms with E-state index < -0.39 is 5.60 Å². The summed E-state index contributed by atoms with van der Waals surface area (Å²) in [7, 11) is 0. The van der Waals surface area contributed by atoms with Crippen molar-refractivity contribution >= 4 is 5.97 Å². The van der Waals surface area contributed by atoms with E-state index in [0.717, 1.165) is 30.8 Å². The molecule has 0 aliphatic rings. The minimum atomic E-state index is -1.11. The number of nitrogens with one attached hydrogen (secondary N) is 1. The van der Waals surface area contributed by atoms with Crippen LogP contribution in [-0.2, 0) is 16.0 Å². The van der Waals surface area contributed by atoms with E-state index in [-0.39, 0.29) is 5.97 Å². The number of hydrogen-bond donors (Lipinski definition) is 1. The van der Waals surface area contributed by atoms with Crippen LogP contribution in [0, 0.1) is 0 Å². The van der Waals surface area contributed by atoms with Crippen molar-refractivity contribution in [2.45, 2.75) is 32.3 Å². The van der Waals surface area contributed by atoms with E-state index in [9.17, 15) is 4.79 Å². The van der Waals surface area contributed by atoms with Gasteiger partial charge in [-0.3, -0.25) is 0 Å². The molecule has 0 aromatic heterocycles. The van der Waals surface area contributed by atoms with Crippen molar-refractivity contribution in [1.82, 2.24) is 5.32 Å². The topological polar surface area (TPSA) is 56.8 Å². The second-order valence-corrected chi connectivity index (χ2v) is 6.88. The number of benzene rings is 2. The highest BCUT2D eigenvalue weighted by molar-refractivity contribution is 5.80. The highest BCUT2D eigenvalue weighted by Gasteiger charge is 2.37. The van der Waals surface area contributed by atoms with Gasteiger partial charge in [-0.15, -0.1) is 6.58 Å². The lowest BCUT2D eigenvalue weighted by atomic mass is 9.96. The highest BCUT2D eigenvalue weighted by Crippen LogP contribution is 2.25. The third kappa shape index (κ3) is 7.62. The summed E-state index contributed by atoms with van der Waals surface area (Å²) in [5, 5.41) is 3.24. The normalized spacial score (nSPS) is 12.6. The molecule has 0 aliphatic carbocycles. The van der Waals surface area contributed by atoms with Gasteiger partial charge in [0, 0.05) is 13.0 Å². The molecule has 0 amide bonds. The lowest BCUT2D eigenvalue weighted by Gasteiger charge is -2.28. The van der Waals surface area contributed by atoms with Gasteiger partial charge >= 0.3 is 5.97 Å². The Balaban J connectivity index is 1.97. The molecule has 1 N–H and O–H groups in total. The van der Waals surface area contributed by atoms with E-state index in [1.165, 1.54) is 0 Å². The second-order valence-electron chi connectivity index (χ2n) is 6.88. The summed E-state index contributed by atoms with van der Waals surface area (Å²) in [5.74, 6) is 1.06. The predicted octanol–water partition coefficient (Wildman–Crippen LogP) is 4.17. The van der Waals surface area contributed by atoms with E-state index in [1.807, 2.05) is 60.7 Å². The van der Waals surface area contributed by atoms with Gasteiger partial charge in [0.25, 0.3) is 0 Å². The largest absolute Gasteiger partial charge is 0.494 e. The molecule has 1 unspecified atom stereocenters. The van der Waals surface area contributed by atoms with E-state index in [4.69, 9.17) is 14.2 Å². The maximum Gasteiger partial charge on any atom is 0.350 e. The monoisotopic (exact) mass is 397 g/mol. The Bertz CT molecular complexity index is 745. The smallest absolute Gasteiger partial charge is 0.350 e. The van der Waals surface area contributed by atoms with Crippen molar-refractivity contribution in [2.24, 2.45) is 0 Å². The lowest BCUT2D eigenvalue weighted by molar-refractivity contribution is -0.160. The number of ether oxygens (including phenoxy) is 3. The number of rotatable bonds is 13. The Morgan fingerprint density at radius 1 is 1.10 bits per heavy atom. The lowest BCUT2D eigenvalue weighted by Crippen LogP contribution is -2.45. The first kappa shape index (κ1) is 22.5. The van der Waals surface area contributed by atoms with Crippen LogP contribution in [0.3, 0.4) is 0 Å². The van der Waals surface area contributed by atoms with Crippen molar-refractivity contribution in [2.75, 3.05) is 26.3 Å². The van der Waals surface area contributed by atoms with E-state index in [2.05, 4.69) is 11.9 Å². The molecule has 29 heavy (non-hydrogen) atoms. The van der Waals surface area contributed by atoms with Crippen LogP contribution >= 0.6 is 0 Å². The third-order valence-corrected chi connectivity index (χ3v) is 4.31. The fourth-order valence-corrected chi connectivity index (χ4v) is 2.87. The summed E-state index contributed by atoms with van der Waals surface area (Å²) < 4.78 is 17.1. The van der Waals surface area contributed by atoms with Gasteiger partial charge in [0.2, 0.25) is 5.60 Å². The maximum absolute atomic E-state index is 12.6. The Morgan fingerprint density at radius 2 is 1.83 bits per heavy atom. The van der Waals surface area contributed by atoms with E-state index in [0.29, 0.717) is 25.4 Å². The van der Waals surface area contributed by atoms with Crippen LogP contribution in [0.25, 0.3) is 0 Å². The van der Waals surface area contributed by atoms with Crippen molar-refractivity contribution in [1.29, 1.82) is 0 Å². The van der Waals surface area contributed by atoms with Gasteiger partial charge in [0.05, 0.1) is 13.2 Å². The van der Waals surface area contributed by atoms with Crippen LogP contribution in [0.5, 0.6) is 11.5 Å². The molecule has 156 valence electrons. The molecule has 0 fully saturated rings. The summed E-state index contributed by atoms with van der Waals surface area (Å²) in [5.41, 5.74) is -0.146. The van der Waals surface area contributed by atoms with Crippen molar-refractivity contribution in [3.63, 3.8) is 0 Å². The maximum atomic E-state index is 12.6. The van der Waals surface area contributed by atoms with Gasteiger partial charge in [-0.05, 0) is 56.6 Å². The molecule has 0 saturated carbocycles. The molecule has 0 aliphatic heterocycles. The van der Waals surface area contributed by atoms with Gasteiger partial charge < -0.3 is 19.5 Å². The summed E-state index contributed by atoms with van der Waals surface area (Å²) in [6.07, 6.45) is 3.15. The van der Waals surface area contributed by atoms with Gasteiger partial charge in [0.1, 0.15) is 11.5 Å². The first-order chi connectivity index (χ1) is 14.1. The van der Waals surface area contributed by atoms with Crippen LogP contribution in [0.1, 0.15) is 25.8 Å². The molecule has 2 aromatic carbocycles. The molecule has 2 aromatic rings. The minimum absolute atomic E-state index is 0.307. The Labute approximate surface area is 173 Å². The highest BCUT2D eigenvalue weighted by atomic mass is 16.6. The molecular formula is C24H31NO4. The summed E-state index contributed by atoms with van der Waals surface area (Å²) in [6.45, 7) is 9.87. The molecule has 2 rings (SSSR count). The number of carbonyl (C=O) groups is 1. The fraction of sp³-hybridized carbons (Fsp3) is 0.375. The second kappa shape index (κ2) is 11.9. The van der Waals surface area contributed by atoms with Gasteiger partial charge in [-0.25, -0.2) is 4.79 Å². The average molecular weight is 398 g/mol. The van der Waals surface area contributed by atoms with Crippen molar-refractivity contribution in [3.8, 4) is 11.5 Å². The molecule has 5 nitrogen and oxygen atoms in total. The van der Waals surface area contributed by atoms with Crippen LogP contribution in [-0.4, -0.2) is 37.9 Å². The Morgan fingerprint density at radius 3 is 2.48 bits per heavy atom. The summed E-state index contributed by atoms with van der Waals surface area (Å²) >= 11 is 0. The van der Waals surface area contributed by atoms with Crippen molar-refractivity contribution in [3.05, 3.63) is 72.8 Å². The van der Waals surface area contributed by atoms with Crippen LogP contribution < -0.4 is 14.8 Å². The summed E-state index contributed by atoms with van der Waals surface area (Å²) in [4.78, 5) is 12.6. The SMILES string of the molecule is C=CCNCCCOc1ccc(CC(C)(Oc2ccccc2)C(=O)OCC)cc1. The zero-order chi connectivity index (χ0) is 21.0. The first-order valence-corrected chi connectivity index (χ1v) is 10.0. The average Bonchev–Trinajstić information content (AvgIpc) is 2.72. The summed E-state index contributed by atoms with van der Waals surface area (Å²) in [6, 6.07) is 17.1. The third-order valence-electron chi connectivity index (χ3n) is 4.31.